The van der Waals surface area contributed by atoms with E-state index in [1.54, 1.807) is 50.7 Å². The summed E-state index contributed by atoms with van der Waals surface area (Å²) in [7, 11) is 1.62. The van der Waals surface area contributed by atoms with Crippen LogP contribution in [0.25, 0.3) is 11.0 Å². The number of nitrogens with two attached hydrogens (primary N) is 2. The maximum Gasteiger partial charge on any atom is 0.407 e. The Morgan fingerprint density at radius 3 is 2.61 bits per heavy atom. The summed E-state index contributed by atoms with van der Waals surface area (Å²) in [6.07, 6.45) is 3.81. The maximum absolute atomic E-state index is 11.7. The molecule has 170 valence electrons. The molecule has 0 saturated carbocycles. The van der Waals surface area contributed by atoms with Crippen LogP contribution in [0, 0.1) is 0 Å². The summed E-state index contributed by atoms with van der Waals surface area (Å²) >= 11 is 0. The second-order valence-corrected chi connectivity index (χ2v) is 7.84. The molecule has 2 rings (SSSR count). The molecule has 0 bridgehead atoms. The van der Waals surface area contributed by atoms with Gasteiger partial charge in [-0.3, -0.25) is 4.79 Å². The van der Waals surface area contributed by atoms with Crippen LogP contribution in [0.15, 0.2) is 24.3 Å². The number of nitrogens with zero attached hydrogens (tertiary/aromatic N) is 2. The number of imidazole rings is 1. The van der Waals surface area contributed by atoms with E-state index in [0.717, 1.165) is 0 Å². The van der Waals surface area contributed by atoms with Gasteiger partial charge in [0.05, 0.1) is 12.1 Å². The van der Waals surface area contributed by atoms with Gasteiger partial charge in [0.15, 0.2) is 0 Å². The van der Waals surface area contributed by atoms with Crippen LogP contribution in [0.3, 0.4) is 0 Å². The van der Waals surface area contributed by atoms with Gasteiger partial charge in [0.1, 0.15) is 16.9 Å². The highest BCUT2D eigenvalue weighted by molar-refractivity contribution is 5.98. The highest BCUT2D eigenvalue weighted by atomic mass is 16.6. The van der Waals surface area contributed by atoms with Gasteiger partial charge in [-0.2, -0.15) is 0 Å². The predicted octanol–water partition coefficient (Wildman–Crippen LogP) is 2.21. The molecule has 0 atom stereocenters. The molecule has 0 radical (unpaired) electrons. The average Bonchev–Trinajstić information content (AvgIpc) is 2.98. The summed E-state index contributed by atoms with van der Waals surface area (Å²) in [4.78, 5) is 27.7. The number of allylic oxidation sites excluding steroid dienone is 1. The first-order valence-corrected chi connectivity index (χ1v) is 9.95. The summed E-state index contributed by atoms with van der Waals surface area (Å²) in [6, 6.07) is 3.17. The van der Waals surface area contributed by atoms with Crippen molar-refractivity contribution in [1.82, 2.24) is 14.9 Å². The highest BCUT2D eigenvalue weighted by Crippen LogP contribution is 2.30. The Kier molecular flexibility index (Phi) is 8.26. The molecule has 5 N–H and O–H groups in total. The molecule has 1 aromatic heterocycles. The van der Waals surface area contributed by atoms with Crippen molar-refractivity contribution in [3.63, 3.8) is 0 Å². The largest absolute Gasteiger partial charge is 0.491 e. The lowest BCUT2D eigenvalue weighted by Gasteiger charge is -2.19. The summed E-state index contributed by atoms with van der Waals surface area (Å²) in [5.41, 5.74) is 12.4. The van der Waals surface area contributed by atoms with Crippen molar-refractivity contribution in [2.24, 2.45) is 5.73 Å². The molecule has 1 heterocycles. The van der Waals surface area contributed by atoms with Crippen LogP contribution in [0.1, 0.15) is 37.6 Å². The number of anilines is 1. The third-order valence-electron chi connectivity index (χ3n) is 4.09. The molecule has 0 aliphatic heterocycles. The first-order valence-electron chi connectivity index (χ1n) is 9.95. The maximum atomic E-state index is 11.7. The monoisotopic (exact) mass is 433 g/mol. The van der Waals surface area contributed by atoms with E-state index < -0.39 is 17.6 Å². The zero-order valence-electron chi connectivity index (χ0n) is 18.4. The molecule has 10 nitrogen and oxygen atoms in total. The normalized spacial score (nSPS) is 11.7. The van der Waals surface area contributed by atoms with Crippen LogP contribution in [-0.4, -0.2) is 54.0 Å². The van der Waals surface area contributed by atoms with Gasteiger partial charge >= 0.3 is 6.09 Å². The van der Waals surface area contributed by atoms with Gasteiger partial charge in [0.2, 0.25) is 11.9 Å². The molecule has 0 fully saturated rings. The lowest BCUT2D eigenvalue weighted by atomic mass is 10.1. The first-order chi connectivity index (χ1) is 14.6. The smallest absolute Gasteiger partial charge is 0.407 e. The number of rotatable bonds is 10. The number of hydrogen-bond acceptors (Lipinski definition) is 7. The fourth-order valence-corrected chi connectivity index (χ4v) is 2.79. The van der Waals surface area contributed by atoms with Crippen LogP contribution >= 0.6 is 0 Å². The number of fused-ring (bicyclic) bond motifs is 1. The predicted molar refractivity (Wildman–Crippen MR) is 118 cm³/mol. The van der Waals surface area contributed by atoms with Gasteiger partial charge in [-0.25, -0.2) is 9.78 Å². The molecule has 0 spiro atoms. The van der Waals surface area contributed by atoms with Crippen LogP contribution in [0.5, 0.6) is 5.75 Å². The molecule has 2 amide bonds. The van der Waals surface area contributed by atoms with E-state index in [4.69, 9.17) is 25.7 Å². The minimum Gasteiger partial charge on any atom is -0.491 e. The summed E-state index contributed by atoms with van der Waals surface area (Å²) in [5.74, 6) is 0.153. The lowest BCUT2D eigenvalue weighted by Crippen LogP contribution is -2.32. The van der Waals surface area contributed by atoms with Crippen molar-refractivity contribution >= 4 is 29.0 Å². The van der Waals surface area contributed by atoms with Crippen molar-refractivity contribution in [1.29, 1.82) is 0 Å². The van der Waals surface area contributed by atoms with E-state index in [1.165, 1.54) is 0 Å². The minimum atomic E-state index is -0.579. The topological polar surface area (TPSA) is 144 Å². The van der Waals surface area contributed by atoms with Gasteiger partial charge in [-0.15, -0.1) is 0 Å². The quantitative estimate of drug-likeness (QED) is 0.385. The number of methoxy groups -OCH3 is 1. The number of aromatic nitrogens is 2. The van der Waals surface area contributed by atoms with Crippen LogP contribution in [0.2, 0.25) is 0 Å². The molecule has 0 aliphatic rings. The summed E-state index contributed by atoms with van der Waals surface area (Å²) < 4.78 is 17.9. The van der Waals surface area contributed by atoms with E-state index in [-0.39, 0.29) is 11.5 Å². The number of amides is 2. The summed E-state index contributed by atoms with van der Waals surface area (Å²) in [5, 5.41) is 2.65. The van der Waals surface area contributed by atoms with Gasteiger partial charge in [-0.1, -0.05) is 12.2 Å². The van der Waals surface area contributed by atoms with Crippen molar-refractivity contribution < 1.29 is 23.8 Å². The second-order valence-electron chi connectivity index (χ2n) is 7.84. The zero-order valence-corrected chi connectivity index (χ0v) is 18.4. The molecular formula is C21H31N5O5. The number of carbonyl (C=O) groups excluding carboxylic acids is 2. The molecule has 0 saturated heterocycles. The van der Waals surface area contributed by atoms with Gasteiger partial charge < -0.3 is 35.6 Å². The van der Waals surface area contributed by atoms with E-state index in [1.807, 2.05) is 6.08 Å². The van der Waals surface area contributed by atoms with Crippen molar-refractivity contribution in [3.8, 4) is 5.75 Å². The second kappa shape index (κ2) is 10.7. The Balaban J connectivity index is 2.16. The zero-order chi connectivity index (χ0) is 23.0. The van der Waals surface area contributed by atoms with Gasteiger partial charge in [-0.05, 0) is 32.9 Å². The standard InChI is InChI=1S/C21H31N5O5/c1-21(2,3)31-20(28)24-8-5-6-9-26-17-15(25-19(26)23)12-14(18(22)27)13-16(17)30-11-7-10-29-4/h5-6,12-13H,7-11H2,1-4H3,(H2,22,27)(H2,23,25)(H,24,28)/b6-5+. The van der Waals surface area contributed by atoms with Crippen LogP contribution < -0.4 is 21.5 Å². The molecule has 2 aromatic rings. The lowest BCUT2D eigenvalue weighted by molar-refractivity contribution is 0.0534. The Hall–Kier alpha value is -3.27. The molecular weight excluding hydrogens is 402 g/mol. The van der Waals surface area contributed by atoms with Crippen molar-refractivity contribution in [2.45, 2.75) is 39.3 Å². The number of nitrogen functional groups attached to an aromatic ring is 1. The summed E-state index contributed by atoms with van der Waals surface area (Å²) in [6.45, 7) is 7.03. The number of benzene rings is 1. The number of alkyl carbamates (subject to hydrolysis) is 1. The van der Waals surface area contributed by atoms with Crippen LogP contribution in [-0.2, 0) is 16.0 Å². The van der Waals surface area contributed by atoms with Gasteiger partial charge in [0.25, 0.3) is 0 Å². The number of hydrogen-bond donors (Lipinski definition) is 3. The molecule has 0 aliphatic carbocycles. The van der Waals surface area contributed by atoms with E-state index in [9.17, 15) is 9.59 Å². The molecule has 1 aromatic carbocycles. The Morgan fingerprint density at radius 2 is 1.97 bits per heavy atom. The highest BCUT2D eigenvalue weighted by Gasteiger charge is 2.17. The third-order valence-corrected chi connectivity index (χ3v) is 4.09. The van der Waals surface area contributed by atoms with E-state index in [2.05, 4.69) is 10.3 Å². The Labute approximate surface area is 181 Å². The first kappa shape index (κ1) is 24.0. The molecule has 31 heavy (non-hydrogen) atoms. The Morgan fingerprint density at radius 1 is 1.23 bits per heavy atom. The number of primary amides is 1. The van der Waals surface area contributed by atoms with Crippen LogP contribution in [0.4, 0.5) is 10.7 Å². The Bertz CT molecular complexity index is 946. The number of nitrogens with one attached hydrogen (secondary N) is 1. The van der Waals surface area contributed by atoms with E-state index in [0.29, 0.717) is 49.5 Å². The van der Waals surface area contributed by atoms with Crippen molar-refractivity contribution in [2.75, 3.05) is 32.6 Å². The average molecular weight is 434 g/mol. The fraction of sp³-hybridized carbons (Fsp3) is 0.476. The molecule has 10 heteroatoms. The third kappa shape index (κ3) is 7.18. The van der Waals surface area contributed by atoms with E-state index >= 15 is 0 Å². The number of ether oxygens (including phenoxy) is 3. The fourth-order valence-electron chi connectivity index (χ4n) is 2.79. The van der Waals surface area contributed by atoms with Crippen molar-refractivity contribution in [3.05, 3.63) is 29.8 Å². The van der Waals surface area contributed by atoms with Gasteiger partial charge in [0, 0.05) is 38.8 Å². The molecule has 0 unspecified atom stereocenters. The number of carbonyl (C=O) groups is 2. The minimum absolute atomic E-state index is 0.267. The SMILES string of the molecule is COCCCOc1cc(C(N)=O)cc2nc(N)n(C/C=C/CNC(=O)OC(C)(C)C)c12.